The van der Waals surface area contributed by atoms with Crippen molar-refractivity contribution in [1.29, 1.82) is 0 Å². The topological polar surface area (TPSA) is 58.2 Å². The van der Waals surface area contributed by atoms with Crippen molar-refractivity contribution in [3.63, 3.8) is 0 Å². The molecule has 4 nitrogen and oxygen atoms in total. The first-order chi connectivity index (χ1) is 9.69. The summed E-state index contributed by atoms with van der Waals surface area (Å²) in [6, 6.07) is 11.3. The highest BCUT2D eigenvalue weighted by Gasteiger charge is 2.13. The fourth-order valence-corrected chi connectivity index (χ4v) is 2.32. The fourth-order valence-electron chi connectivity index (χ4n) is 1.67. The number of hydrogen-bond acceptors (Lipinski definition) is 3. The van der Waals surface area contributed by atoms with Gasteiger partial charge in [-0.1, -0.05) is 25.1 Å². The summed E-state index contributed by atoms with van der Waals surface area (Å²) in [5.41, 5.74) is 1.81. The molecule has 0 bridgehead atoms. The van der Waals surface area contributed by atoms with Crippen molar-refractivity contribution in [2.75, 3.05) is 5.32 Å². The summed E-state index contributed by atoms with van der Waals surface area (Å²) in [5.74, 6) is -1.27. The molecule has 2 amide bonds. The molecule has 5 heteroatoms. The number of amides is 2. The number of anilines is 1. The van der Waals surface area contributed by atoms with Gasteiger partial charge in [-0.15, -0.1) is 11.3 Å². The Hall–Kier alpha value is -2.14. The molecule has 2 aromatic rings. The Morgan fingerprint density at radius 1 is 1.10 bits per heavy atom. The summed E-state index contributed by atoms with van der Waals surface area (Å²) >= 11 is 1.54. The Balaban J connectivity index is 1.85. The maximum atomic E-state index is 11.7. The first-order valence-corrected chi connectivity index (χ1v) is 7.27. The van der Waals surface area contributed by atoms with Gasteiger partial charge < -0.3 is 10.6 Å². The van der Waals surface area contributed by atoms with Crippen molar-refractivity contribution < 1.29 is 9.59 Å². The molecule has 0 spiro atoms. The third-order valence-corrected chi connectivity index (χ3v) is 3.71. The van der Waals surface area contributed by atoms with Crippen LogP contribution < -0.4 is 10.6 Å². The van der Waals surface area contributed by atoms with E-state index in [1.807, 2.05) is 29.6 Å². The number of carbonyl (C=O) groups excluding carboxylic acids is 2. The van der Waals surface area contributed by atoms with Crippen molar-refractivity contribution in [3.8, 4) is 0 Å². The average Bonchev–Trinajstić information content (AvgIpc) is 2.98. The van der Waals surface area contributed by atoms with E-state index < -0.39 is 11.8 Å². The summed E-state index contributed by atoms with van der Waals surface area (Å²) in [7, 11) is 0. The molecule has 0 fully saturated rings. The first kappa shape index (κ1) is 14.3. The molecule has 0 aliphatic carbocycles. The summed E-state index contributed by atoms with van der Waals surface area (Å²) in [5, 5.41) is 7.09. The third kappa shape index (κ3) is 3.93. The summed E-state index contributed by atoms with van der Waals surface area (Å²) in [4.78, 5) is 24.4. The van der Waals surface area contributed by atoms with Gasteiger partial charge >= 0.3 is 11.8 Å². The Morgan fingerprint density at radius 2 is 1.85 bits per heavy atom. The number of benzene rings is 1. The van der Waals surface area contributed by atoms with Crippen LogP contribution in [0.15, 0.2) is 41.8 Å². The molecule has 0 aliphatic rings. The average molecular weight is 288 g/mol. The molecule has 0 atom stereocenters. The van der Waals surface area contributed by atoms with Crippen LogP contribution in [0.5, 0.6) is 0 Å². The van der Waals surface area contributed by atoms with Crippen LogP contribution in [0.3, 0.4) is 0 Å². The van der Waals surface area contributed by atoms with Crippen LogP contribution in [0.1, 0.15) is 17.4 Å². The van der Waals surface area contributed by atoms with E-state index in [0.29, 0.717) is 12.2 Å². The number of carbonyl (C=O) groups is 2. The second-order valence-electron chi connectivity index (χ2n) is 4.27. The first-order valence-electron chi connectivity index (χ1n) is 6.39. The zero-order valence-corrected chi connectivity index (χ0v) is 12.0. The number of nitrogens with one attached hydrogen (secondary N) is 2. The zero-order valence-electron chi connectivity index (χ0n) is 11.2. The lowest BCUT2D eigenvalue weighted by Crippen LogP contribution is -2.34. The standard InChI is InChI=1S/C15H16N2O2S/c1-2-11-5-7-12(8-6-11)17-15(19)14(18)16-10-13-4-3-9-20-13/h3-9H,2,10H2,1H3,(H,16,18)(H,17,19). The quantitative estimate of drug-likeness (QED) is 0.850. The fraction of sp³-hybridized carbons (Fsp3) is 0.200. The molecule has 0 saturated heterocycles. The highest BCUT2D eigenvalue weighted by Crippen LogP contribution is 2.10. The Morgan fingerprint density at radius 3 is 2.45 bits per heavy atom. The van der Waals surface area contributed by atoms with Gasteiger partial charge in [0.25, 0.3) is 0 Å². The van der Waals surface area contributed by atoms with E-state index in [-0.39, 0.29) is 0 Å². The van der Waals surface area contributed by atoms with Crippen LogP contribution in [0.4, 0.5) is 5.69 Å². The zero-order chi connectivity index (χ0) is 14.4. The normalized spacial score (nSPS) is 10.1. The maximum Gasteiger partial charge on any atom is 0.313 e. The molecule has 2 rings (SSSR count). The summed E-state index contributed by atoms with van der Waals surface area (Å²) in [6.07, 6.45) is 0.940. The van der Waals surface area contributed by atoms with Gasteiger partial charge in [0.15, 0.2) is 0 Å². The smallest absolute Gasteiger partial charge is 0.313 e. The summed E-state index contributed by atoms with van der Waals surface area (Å²) < 4.78 is 0. The predicted octanol–water partition coefficient (Wildman–Crippen LogP) is 2.57. The molecule has 0 unspecified atom stereocenters. The molecule has 20 heavy (non-hydrogen) atoms. The van der Waals surface area contributed by atoms with E-state index in [1.165, 1.54) is 16.9 Å². The molecular formula is C15H16N2O2S. The van der Waals surface area contributed by atoms with Crippen molar-refractivity contribution in [2.45, 2.75) is 19.9 Å². The van der Waals surface area contributed by atoms with Crippen LogP contribution in [0.25, 0.3) is 0 Å². The number of rotatable bonds is 4. The predicted molar refractivity (Wildman–Crippen MR) is 80.6 cm³/mol. The monoisotopic (exact) mass is 288 g/mol. The maximum absolute atomic E-state index is 11.7. The van der Waals surface area contributed by atoms with Gasteiger partial charge in [-0.05, 0) is 35.6 Å². The highest BCUT2D eigenvalue weighted by molar-refractivity contribution is 7.09. The molecule has 0 aliphatic heterocycles. The lowest BCUT2D eigenvalue weighted by atomic mass is 10.1. The molecule has 1 heterocycles. The SMILES string of the molecule is CCc1ccc(NC(=O)C(=O)NCc2cccs2)cc1. The minimum atomic E-state index is -0.647. The van der Waals surface area contributed by atoms with Gasteiger partial charge in [0, 0.05) is 10.6 Å². The minimum absolute atomic E-state index is 0.374. The van der Waals surface area contributed by atoms with Crippen LogP contribution in [0.2, 0.25) is 0 Å². The van der Waals surface area contributed by atoms with Gasteiger partial charge in [0.05, 0.1) is 6.54 Å². The second kappa shape index (κ2) is 6.86. The van der Waals surface area contributed by atoms with Gasteiger partial charge in [0.1, 0.15) is 0 Å². The Bertz CT molecular complexity index is 576. The highest BCUT2D eigenvalue weighted by atomic mass is 32.1. The second-order valence-corrected chi connectivity index (χ2v) is 5.30. The molecule has 1 aromatic heterocycles. The molecule has 0 saturated carbocycles. The third-order valence-electron chi connectivity index (χ3n) is 2.83. The van der Waals surface area contributed by atoms with Gasteiger partial charge in [-0.2, -0.15) is 0 Å². The van der Waals surface area contributed by atoms with Gasteiger partial charge in [-0.3, -0.25) is 9.59 Å². The van der Waals surface area contributed by atoms with E-state index in [2.05, 4.69) is 17.6 Å². The molecular weight excluding hydrogens is 272 g/mol. The van der Waals surface area contributed by atoms with Gasteiger partial charge in [-0.25, -0.2) is 0 Å². The van der Waals surface area contributed by atoms with Crippen molar-refractivity contribution in [3.05, 3.63) is 52.2 Å². The Kier molecular flexibility index (Phi) is 4.90. The van der Waals surface area contributed by atoms with E-state index in [1.54, 1.807) is 12.1 Å². The lowest BCUT2D eigenvalue weighted by molar-refractivity contribution is -0.136. The largest absolute Gasteiger partial charge is 0.343 e. The van der Waals surface area contributed by atoms with Gasteiger partial charge in [0.2, 0.25) is 0 Å². The number of aryl methyl sites for hydroxylation is 1. The van der Waals surface area contributed by atoms with Crippen molar-refractivity contribution in [2.24, 2.45) is 0 Å². The summed E-state index contributed by atoms with van der Waals surface area (Å²) in [6.45, 7) is 2.43. The van der Waals surface area contributed by atoms with E-state index >= 15 is 0 Å². The van der Waals surface area contributed by atoms with Crippen LogP contribution in [-0.2, 0) is 22.6 Å². The lowest BCUT2D eigenvalue weighted by Gasteiger charge is -2.06. The van der Waals surface area contributed by atoms with Crippen LogP contribution >= 0.6 is 11.3 Å². The van der Waals surface area contributed by atoms with E-state index in [0.717, 1.165) is 11.3 Å². The minimum Gasteiger partial charge on any atom is -0.343 e. The molecule has 2 N–H and O–H groups in total. The molecule has 104 valence electrons. The van der Waals surface area contributed by atoms with Crippen molar-refractivity contribution in [1.82, 2.24) is 5.32 Å². The molecule has 0 radical (unpaired) electrons. The Labute approximate surface area is 121 Å². The van der Waals surface area contributed by atoms with E-state index in [4.69, 9.17) is 0 Å². The molecule has 1 aromatic carbocycles. The van der Waals surface area contributed by atoms with Crippen molar-refractivity contribution >= 4 is 28.8 Å². The van der Waals surface area contributed by atoms with E-state index in [9.17, 15) is 9.59 Å². The van der Waals surface area contributed by atoms with Crippen LogP contribution in [-0.4, -0.2) is 11.8 Å². The number of hydrogen-bond donors (Lipinski definition) is 2. The van der Waals surface area contributed by atoms with Crippen LogP contribution in [0, 0.1) is 0 Å². The number of thiophene rings is 1.